The zero-order valence-corrected chi connectivity index (χ0v) is 15.0. The standard InChI is InChI=1S/C17H19N3O5S/c1-25-13-5-2-4-12(10-13)15-6-3-9-19(15)16-8-7-14(26(18,23)24)11-17(16)20(21)22/h2,4-5,7-8,10-11,15H,3,6,9H2,1H3,(H2,18,23,24). The molecule has 26 heavy (non-hydrogen) atoms. The van der Waals surface area contributed by atoms with Crippen molar-refractivity contribution in [3.8, 4) is 5.75 Å². The molecule has 1 unspecified atom stereocenters. The molecule has 1 fully saturated rings. The Labute approximate surface area is 151 Å². The zero-order valence-electron chi connectivity index (χ0n) is 14.2. The fourth-order valence-electron chi connectivity index (χ4n) is 3.32. The van der Waals surface area contributed by atoms with E-state index in [-0.39, 0.29) is 16.6 Å². The third-order valence-electron chi connectivity index (χ3n) is 4.51. The first-order valence-corrected chi connectivity index (χ1v) is 9.57. The molecule has 1 aliphatic heterocycles. The predicted molar refractivity (Wildman–Crippen MR) is 96.8 cm³/mol. The van der Waals surface area contributed by atoms with E-state index in [2.05, 4.69) is 0 Å². The van der Waals surface area contributed by atoms with E-state index in [9.17, 15) is 18.5 Å². The number of anilines is 1. The van der Waals surface area contributed by atoms with E-state index in [4.69, 9.17) is 9.88 Å². The highest BCUT2D eigenvalue weighted by molar-refractivity contribution is 7.89. The number of nitro groups is 1. The lowest BCUT2D eigenvalue weighted by molar-refractivity contribution is -0.384. The molecule has 2 aromatic carbocycles. The third-order valence-corrected chi connectivity index (χ3v) is 5.42. The van der Waals surface area contributed by atoms with E-state index in [1.54, 1.807) is 7.11 Å². The van der Waals surface area contributed by atoms with Crippen molar-refractivity contribution >= 4 is 21.4 Å². The Morgan fingerprint density at radius 1 is 1.27 bits per heavy atom. The average Bonchev–Trinajstić information content (AvgIpc) is 3.10. The van der Waals surface area contributed by atoms with Crippen LogP contribution in [-0.4, -0.2) is 27.0 Å². The van der Waals surface area contributed by atoms with Gasteiger partial charge in [-0.05, 0) is 42.7 Å². The third kappa shape index (κ3) is 3.49. The van der Waals surface area contributed by atoms with Crippen molar-refractivity contribution in [2.75, 3.05) is 18.6 Å². The van der Waals surface area contributed by atoms with Crippen molar-refractivity contribution in [3.63, 3.8) is 0 Å². The van der Waals surface area contributed by atoms with Gasteiger partial charge in [0.05, 0.1) is 23.0 Å². The minimum absolute atomic E-state index is 0.0517. The number of benzene rings is 2. The smallest absolute Gasteiger partial charge is 0.293 e. The molecule has 1 aliphatic rings. The van der Waals surface area contributed by atoms with Crippen LogP contribution in [0.4, 0.5) is 11.4 Å². The fraction of sp³-hybridized carbons (Fsp3) is 0.294. The second-order valence-electron chi connectivity index (χ2n) is 6.08. The number of hydrogen-bond acceptors (Lipinski definition) is 6. The summed E-state index contributed by atoms with van der Waals surface area (Å²) in [5, 5.41) is 16.6. The molecular formula is C17H19N3O5S. The molecule has 8 nitrogen and oxygen atoms in total. The van der Waals surface area contributed by atoms with Crippen LogP contribution in [0.5, 0.6) is 5.75 Å². The van der Waals surface area contributed by atoms with Crippen LogP contribution in [0.15, 0.2) is 47.4 Å². The number of methoxy groups -OCH3 is 1. The van der Waals surface area contributed by atoms with E-state index in [0.717, 1.165) is 24.5 Å². The van der Waals surface area contributed by atoms with Gasteiger partial charge in [-0.1, -0.05) is 12.1 Å². The minimum Gasteiger partial charge on any atom is -0.497 e. The summed E-state index contributed by atoms with van der Waals surface area (Å²) in [4.78, 5) is 12.6. The molecular weight excluding hydrogens is 358 g/mol. The summed E-state index contributed by atoms with van der Waals surface area (Å²) in [7, 11) is -2.43. The second kappa shape index (κ2) is 6.93. The maximum absolute atomic E-state index is 11.5. The molecule has 0 aromatic heterocycles. The Morgan fingerprint density at radius 3 is 2.69 bits per heavy atom. The Kier molecular flexibility index (Phi) is 4.84. The first-order valence-electron chi connectivity index (χ1n) is 8.03. The van der Waals surface area contributed by atoms with Crippen LogP contribution in [0.3, 0.4) is 0 Å². The van der Waals surface area contributed by atoms with Crippen molar-refractivity contribution in [1.29, 1.82) is 0 Å². The molecule has 1 saturated heterocycles. The normalized spacial score (nSPS) is 17.3. The van der Waals surface area contributed by atoms with Gasteiger partial charge in [-0.15, -0.1) is 0 Å². The molecule has 9 heteroatoms. The summed E-state index contributed by atoms with van der Waals surface area (Å²) in [5.74, 6) is 0.716. The highest BCUT2D eigenvalue weighted by atomic mass is 32.2. The van der Waals surface area contributed by atoms with E-state index in [0.29, 0.717) is 18.0 Å². The largest absolute Gasteiger partial charge is 0.497 e. The minimum atomic E-state index is -4.01. The van der Waals surface area contributed by atoms with Crippen LogP contribution in [0, 0.1) is 10.1 Å². The molecule has 2 aromatic rings. The number of sulfonamides is 1. The van der Waals surface area contributed by atoms with Crippen molar-refractivity contribution in [2.24, 2.45) is 5.14 Å². The quantitative estimate of drug-likeness (QED) is 0.632. The number of ether oxygens (including phenoxy) is 1. The number of hydrogen-bond donors (Lipinski definition) is 1. The monoisotopic (exact) mass is 377 g/mol. The Bertz CT molecular complexity index is 945. The first kappa shape index (κ1) is 18.2. The topological polar surface area (TPSA) is 116 Å². The summed E-state index contributed by atoms with van der Waals surface area (Å²) in [6.45, 7) is 0.636. The summed E-state index contributed by atoms with van der Waals surface area (Å²) in [6.07, 6.45) is 1.71. The Morgan fingerprint density at radius 2 is 2.04 bits per heavy atom. The van der Waals surface area contributed by atoms with Crippen LogP contribution in [-0.2, 0) is 10.0 Å². The highest BCUT2D eigenvalue weighted by Gasteiger charge is 2.32. The van der Waals surface area contributed by atoms with Gasteiger partial charge in [0.1, 0.15) is 11.4 Å². The van der Waals surface area contributed by atoms with Gasteiger partial charge in [0, 0.05) is 12.6 Å². The van der Waals surface area contributed by atoms with Crippen LogP contribution < -0.4 is 14.8 Å². The lowest BCUT2D eigenvalue weighted by atomic mass is 10.0. The molecule has 1 heterocycles. The van der Waals surface area contributed by atoms with Crippen LogP contribution in [0.25, 0.3) is 0 Å². The molecule has 1 atom stereocenters. The molecule has 0 spiro atoms. The van der Waals surface area contributed by atoms with E-state index >= 15 is 0 Å². The van der Waals surface area contributed by atoms with Crippen LogP contribution in [0.2, 0.25) is 0 Å². The van der Waals surface area contributed by atoms with E-state index in [1.165, 1.54) is 12.1 Å². The van der Waals surface area contributed by atoms with Crippen molar-refractivity contribution in [3.05, 3.63) is 58.1 Å². The summed E-state index contributed by atoms with van der Waals surface area (Å²) in [5.41, 5.74) is 1.10. The van der Waals surface area contributed by atoms with E-state index < -0.39 is 14.9 Å². The SMILES string of the molecule is COc1cccc(C2CCCN2c2ccc(S(N)(=O)=O)cc2[N+](=O)[O-])c1. The van der Waals surface area contributed by atoms with Crippen LogP contribution in [0.1, 0.15) is 24.4 Å². The van der Waals surface area contributed by atoms with Gasteiger partial charge < -0.3 is 9.64 Å². The summed E-state index contributed by atoms with van der Waals surface area (Å²) >= 11 is 0. The van der Waals surface area contributed by atoms with Gasteiger partial charge in [-0.25, -0.2) is 13.6 Å². The molecule has 0 amide bonds. The Hall–Kier alpha value is -2.65. The lowest BCUT2D eigenvalue weighted by Gasteiger charge is -2.27. The number of nitrogens with zero attached hydrogens (tertiary/aromatic N) is 2. The fourth-order valence-corrected chi connectivity index (χ4v) is 3.85. The van der Waals surface area contributed by atoms with Gasteiger partial charge in [-0.2, -0.15) is 0 Å². The Balaban J connectivity index is 2.05. The van der Waals surface area contributed by atoms with Gasteiger partial charge in [-0.3, -0.25) is 10.1 Å². The number of primary sulfonamides is 1. The van der Waals surface area contributed by atoms with Crippen molar-refractivity contribution in [1.82, 2.24) is 0 Å². The van der Waals surface area contributed by atoms with Gasteiger partial charge in [0.15, 0.2) is 0 Å². The molecule has 0 aliphatic carbocycles. The number of nitrogens with two attached hydrogens (primary N) is 1. The molecule has 0 saturated carbocycles. The summed E-state index contributed by atoms with van der Waals surface area (Å²) < 4.78 is 28.3. The van der Waals surface area contributed by atoms with Gasteiger partial charge in [0.25, 0.3) is 5.69 Å². The summed E-state index contributed by atoms with van der Waals surface area (Å²) in [6, 6.07) is 11.3. The lowest BCUT2D eigenvalue weighted by Crippen LogP contribution is -2.24. The number of rotatable bonds is 5. The molecule has 0 bridgehead atoms. The average molecular weight is 377 g/mol. The molecule has 3 rings (SSSR count). The van der Waals surface area contributed by atoms with Crippen molar-refractivity contribution < 1.29 is 18.1 Å². The maximum atomic E-state index is 11.5. The zero-order chi connectivity index (χ0) is 18.9. The van der Waals surface area contributed by atoms with Gasteiger partial charge >= 0.3 is 0 Å². The second-order valence-corrected chi connectivity index (χ2v) is 7.64. The highest BCUT2D eigenvalue weighted by Crippen LogP contribution is 2.41. The number of nitro benzene ring substituents is 1. The molecule has 2 N–H and O–H groups in total. The predicted octanol–water partition coefficient (Wildman–Crippen LogP) is 2.59. The first-order chi connectivity index (χ1) is 12.3. The molecule has 138 valence electrons. The molecule has 0 radical (unpaired) electrons. The van der Waals surface area contributed by atoms with Crippen molar-refractivity contribution in [2.45, 2.75) is 23.8 Å². The van der Waals surface area contributed by atoms with Crippen LogP contribution >= 0.6 is 0 Å². The van der Waals surface area contributed by atoms with E-state index in [1.807, 2.05) is 29.2 Å². The van der Waals surface area contributed by atoms with Gasteiger partial charge in [0.2, 0.25) is 10.0 Å². The maximum Gasteiger partial charge on any atom is 0.293 e.